The Labute approximate surface area is 215 Å². The molecule has 0 aliphatic heterocycles. The molecule has 0 aliphatic rings. The van der Waals surface area contributed by atoms with Gasteiger partial charge >= 0.3 is 17.9 Å². The summed E-state index contributed by atoms with van der Waals surface area (Å²) in [5.41, 5.74) is 0.983. The van der Waals surface area contributed by atoms with Crippen molar-refractivity contribution in [2.75, 3.05) is 33.5 Å². The number of ketones is 1. The summed E-state index contributed by atoms with van der Waals surface area (Å²) < 4.78 is 20.7. The standard InChI is InChI=1S/C28H42O8/c1-23(29)24-15-17-25(18-16-24)28(32)36-22-12-6-5-11-21-35-27(31)14-8-7-13-26(30)34-20-10-4-3-9-19-33-2/h15-18H,3-14,19-22H2,1-2H3. The topological polar surface area (TPSA) is 105 Å². The van der Waals surface area contributed by atoms with Crippen LogP contribution in [0, 0.1) is 0 Å². The van der Waals surface area contributed by atoms with E-state index in [0.717, 1.165) is 58.0 Å². The van der Waals surface area contributed by atoms with E-state index in [1.807, 2.05) is 0 Å². The summed E-state index contributed by atoms with van der Waals surface area (Å²) in [7, 11) is 1.69. The lowest BCUT2D eigenvalue weighted by molar-refractivity contribution is -0.146. The van der Waals surface area contributed by atoms with Crippen LogP contribution < -0.4 is 0 Å². The zero-order chi connectivity index (χ0) is 26.4. The molecule has 0 amide bonds. The number of carbonyl (C=O) groups excluding carboxylic acids is 4. The minimum atomic E-state index is -0.402. The van der Waals surface area contributed by atoms with Crippen LogP contribution in [0.15, 0.2) is 24.3 Å². The first-order valence-electron chi connectivity index (χ1n) is 13.0. The van der Waals surface area contributed by atoms with Gasteiger partial charge in [0.1, 0.15) is 0 Å². The van der Waals surface area contributed by atoms with Gasteiger partial charge in [0, 0.05) is 32.1 Å². The van der Waals surface area contributed by atoms with Crippen LogP contribution >= 0.6 is 0 Å². The van der Waals surface area contributed by atoms with E-state index in [0.29, 0.717) is 56.6 Å². The molecule has 0 aliphatic carbocycles. The fourth-order valence-corrected chi connectivity index (χ4v) is 3.40. The molecule has 1 rings (SSSR count). The van der Waals surface area contributed by atoms with Gasteiger partial charge in [-0.15, -0.1) is 0 Å². The number of unbranched alkanes of at least 4 members (excludes halogenated alkanes) is 7. The zero-order valence-electron chi connectivity index (χ0n) is 21.9. The molecule has 0 spiro atoms. The third-order valence-electron chi connectivity index (χ3n) is 5.58. The Morgan fingerprint density at radius 2 is 0.972 bits per heavy atom. The van der Waals surface area contributed by atoms with Crippen LogP contribution in [-0.4, -0.2) is 57.2 Å². The van der Waals surface area contributed by atoms with Crippen molar-refractivity contribution in [1.29, 1.82) is 0 Å². The van der Waals surface area contributed by atoms with Crippen molar-refractivity contribution in [2.24, 2.45) is 0 Å². The summed E-state index contributed by atoms with van der Waals surface area (Å²) in [6.45, 7) is 3.39. The molecule has 0 heterocycles. The third-order valence-corrected chi connectivity index (χ3v) is 5.58. The van der Waals surface area contributed by atoms with Gasteiger partial charge in [0.15, 0.2) is 5.78 Å². The fraction of sp³-hybridized carbons (Fsp3) is 0.643. The number of benzene rings is 1. The lowest BCUT2D eigenvalue weighted by Crippen LogP contribution is -2.08. The minimum absolute atomic E-state index is 0.0474. The predicted octanol–water partition coefficient (Wildman–Crippen LogP) is 5.46. The van der Waals surface area contributed by atoms with Gasteiger partial charge in [0.25, 0.3) is 0 Å². The number of rotatable bonds is 21. The number of hydrogen-bond acceptors (Lipinski definition) is 8. The molecule has 0 bridgehead atoms. The highest BCUT2D eigenvalue weighted by atomic mass is 16.5. The molecule has 8 heteroatoms. The SMILES string of the molecule is COCCCCCCOC(=O)CCCCC(=O)OCCCCCCOC(=O)c1ccc(C(C)=O)cc1. The molecule has 0 saturated heterocycles. The zero-order valence-corrected chi connectivity index (χ0v) is 21.9. The van der Waals surface area contributed by atoms with Gasteiger partial charge in [-0.05, 0) is 76.8 Å². The van der Waals surface area contributed by atoms with Gasteiger partial charge in [-0.25, -0.2) is 4.79 Å². The molecule has 0 saturated carbocycles. The largest absolute Gasteiger partial charge is 0.466 e. The van der Waals surface area contributed by atoms with Gasteiger partial charge in [0.2, 0.25) is 0 Å². The van der Waals surface area contributed by atoms with Crippen LogP contribution in [0.4, 0.5) is 0 Å². The van der Waals surface area contributed by atoms with Crippen LogP contribution in [0.3, 0.4) is 0 Å². The molecule has 1 aromatic rings. The molecule has 0 radical (unpaired) electrons. The van der Waals surface area contributed by atoms with E-state index in [-0.39, 0.29) is 17.7 Å². The summed E-state index contributed by atoms with van der Waals surface area (Å²) in [5, 5.41) is 0. The van der Waals surface area contributed by atoms with E-state index in [2.05, 4.69) is 0 Å². The lowest BCUT2D eigenvalue weighted by Gasteiger charge is -2.07. The quantitative estimate of drug-likeness (QED) is 0.0937. The van der Waals surface area contributed by atoms with E-state index in [4.69, 9.17) is 18.9 Å². The molecule has 36 heavy (non-hydrogen) atoms. The minimum Gasteiger partial charge on any atom is -0.466 e. The van der Waals surface area contributed by atoms with Crippen molar-refractivity contribution in [1.82, 2.24) is 0 Å². The van der Waals surface area contributed by atoms with E-state index in [9.17, 15) is 19.2 Å². The van der Waals surface area contributed by atoms with Gasteiger partial charge in [-0.3, -0.25) is 14.4 Å². The average molecular weight is 507 g/mol. The second kappa shape index (κ2) is 20.5. The molecule has 0 unspecified atom stereocenters. The smallest absolute Gasteiger partial charge is 0.338 e. The van der Waals surface area contributed by atoms with Crippen LogP contribution in [0.25, 0.3) is 0 Å². The van der Waals surface area contributed by atoms with Crippen molar-refractivity contribution < 1.29 is 38.1 Å². The maximum Gasteiger partial charge on any atom is 0.338 e. The summed E-state index contributed by atoms with van der Waals surface area (Å²) >= 11 is 0. The first-order valence-corrected chi connectivity index (χ1v) is 13.0. The van der Waals surface area contributed by atoms with Crippen LogP contribution in [-0.2, 0) is 28.5 Å². The number of hydrogen-bond donors (Lipinski definition) is 0. The van der Waals surface area contributed by atoms with Gasteiger partial charge in [0.05, 0.1) is 25.4 Å². The molecule has 202 valence electrons. The Morgan fingerprint density at radius 3 is 1.42 bits per heavy atom. The number of carbonyl (C=O) groups is 4. The maximum absolute atomic E-state index is 12.0. The first-order chi connectivity index (χ1) is 17.4. The maximum atomic E-state index is 12.0. The normalized spacial score (nSPS) is 10.6. The van der Waals surface area contributed by atoms with Crippen LogP contribution in [0.5, 0.6) is 0 Å². The van der Waals surface area contributed by atoms with Crippen molar-refractivity contribution in [3.63, 3.8) is 0 Å². The molecular formula is C28H42O8. The second-order valence-electron chi connectivity index (χ2n) is 8.74. The van der Waals surface area contributed by atoms with Gasteiger partial charge in [-0.2, -0.15) is 0 Å². The van der Waals surface area contributed by atoms with Crippen molar-refractivity contribution >= 4 is 23.7 Å². The number of ether oxygens (including phenoxy) is 4. The molecule has 0 fully saturated rings. The number of methoxy groups -OCH3 is 1. The Balaban J connectivity index is 1.91. The summed E-state index contributed by atoms with van der Waals surface area (Å²) in [5.74, 6) is -0.907. The van der Waals surface area contributed by atoms with Crippen molar-refractivity contribution in [3.05, 3.63) is 35.4 Å². The third kappa shape index (κ3) is 16.0. The monoisotopic (exact) mass is 506 g/mol. The molecule has 0 aromatic heterocycles. The number of Topliss-reactive ketones (excluding diaryl/α,β-unsaturated/α-hetero) is 1. The lowest BCUT2D eigenvalue weighted by atomic mass is 10.1. The fourth-order valence-electron chi connectivity index (χ4n) is 3.40. The Bertz CT molecular complexity index is 772. The molecule has 1 aromatic carbocycles. The Morgan fingerprint density at radius 1 is 0.556 bits per heavy atom. The van der Waals surface area contributed by atoms with E-state index in [1.165, 1.54) is 6.92 Å². The van der Waals surface area contributed by atoms with E-state index < -0.39 is 5.97 Å². The Hall–Kier alpha value is -2.74. The van der Waals surface area contributed by atoms with Gasteiger partial charge in [-0.1, -0.05) is 18.6 Å². The summed E-state index contributed by atoms with van der Waals surface area (Å²) in [6.07, 6.45) is 9.05. The van der Waals surface area contributed by atoms with Crippen molar-refractivity contribution in [3.8, 4) is 0 Å². The van der Waals surface area contributed by atoms with Gasteiger partial charge < -0.3 is 18.9 Å². The molecule has 0 N–H and O–H groups in total. The molecular weight excluding hydrogens is 464 g/mol. The highest BCUT2D eigenvalue weighted by Crippen LogP contribution is 2.09. The predicted molar refractivity (Wildman–Crippen MR) is 136 cm³/mol. The highest BCUT2D eigenvalue weighted by molar-refractivity contribution is 5.96. The highest BCUT2D eigenvalue weighted by Gasteiger charge is 2.08. The van der Waals surface area contributed by atoms with E-state index in [1.54, 1.807) is 31.4 Å². The summed E-state index contributed by atoms with van der Waals surface area (Å²) in [6, 6.07) is 6.41. The molecule has 8 nitrogen and oxygen atoms in total. The Kier molecular flexibility index (Phi) is 17.8. The summed E-state index contributed by atoms with van der Waals surface area (Å²) in [4.78, 5) is 46.7. The second-order valence-corrected chi connectivity index (χ2v) is 8.74. The van der Waals surface area contributed by atoms with E-state index >= 15 is 0 Å². The van der Waals surface area contributed by atoms with Crippen LogP contribution in [0.2, 0.25) is 0 Å². The number of esters is 3. The molecule has 0 atom stereocenters. The van der Waals surface area contributed by atoms with Crippen molar-refractivity contribution in [2.45, 2.75) is 84.0 Å². The average Bonchev–Trinajstić information content (AvgIpc) is 2.87. The van der Waals surface area contributed by atoms with Crippen LogP contribution in [0.1, 0.15) is 105 Å². The first kappa shape index (κ1) is 31.3.